The number of anilines is 1. The molecule has 37 heavy (non-hydrogen) atoms. The monoisotopic (exact) mass is 501 g/mol. The normalized spacial score (nSPS) is 16.5. The number of carbonyl (C=O) groups excluding carboxylic acids is 3. The van der Waals surface area contributed by atoms with Crippen LogP contribution in [0.2, 0.25) is 0 Å². The molecule has 8 nitrogen and oxygen atoms in total. The topological polar surface area (TPSA) is 102 Å². The summed E-state index contributed by atoms with van der Waals surface area (Å²) in [4.78, 5) is 39.5. The maximum absolute atomic E-state index is 13.4. The Labute approximate surface area is 214 Å². The summed E-state index contributed by atoms with van der Waals surface area (Å²) in [7, 11) is 2.94. The zero-order chi connectivity index (χ0) is 26.7. The zero-order valence-corrected chi connectivity index (χ0v) is 21.0. The molecule has 0 bridgehead atoms. The van der Waals surface area contributed by atoms with Crippen molar-refractivity contribution in [1.29, 1.82) is 0 Å². The van der Waals surface area contributed by atoms with E-state index in [4.69, 9.17) is 14.2 Å². The number of rotatable bonds is 7. The first kappa shape index (κ1) is 25.5. The minimum atomic E-state index is -0.939. The van der Waals surface area contributed by atoms with Gasteiger partial charge in [0.05, 0.1) is 31.4 Å². The second-order valence-electron chi connectivity index (χ2n) is 8.42. The Bertz CT molecular complexity index is 1370. The zero-order valence-electron chi connectivity index (χ0n) is 21.0. The molecule has 1 unspecified atom stereocenters. The van der Waals surface area contributed by atoms with Crippen LogP contribution in [0.1, 0.15) is 36.6 Å². The molecule has 0 aromatic heterocycles. The van der Waals surface area contributed by atoms with Crippen molar-refractivity contribution >= 4 is 29.1 Å². The molecule has 0 spiro atoms. The lowest BCUT2D eigenvalue weighted by Gasteiger charge is -2.26. The number of ketones is 1. The van der Waals surface area contributed by atoms with E-state index >= 15 is 0 Å². The number of amides is 1. The highest BCUT2D eigenvalue weighted by atomic mass is 16.5. The average Bonchev–Trinajstić information content (AvgIpc) is 3.18. The number of ether oxygens (including phenoxy) is 3. The standard InChI is InChI=1S/C29H27NO7/c1-5-18-6-10-20(11-7-18)30-26(19-8-12-21(13-9-19)37-17(2)31)25(28(33)29(30)34)27(32)23-15-14-22(35-3)16-24(23)36-4/h6-16,26,32H,5H2,1-4H3/b27-25-. The molecule has 0 radical (unpaired) electrons. The van der Waals surface area contributed by atoms with Gasteiger partial charge in [0.25, 0.3) is 11.7 Å². The Kier molecular flexibility index (Phi) is 7.29. The largest absolute Gasteiger partial charge is 0.507 e. The molecule has 0 aliphatic carbocycles. The van der Waals surface area contributed by atoms with Crippen LogP contribution in [-0.4, -0.2) is 37.0 Å². The van der Waals surface area contributed by atoms with Gasteiger partial charge in [0.2, 0.25) is 0 Å². The van der Waals surface area contributed by atoms with E-state index in [-0.39, 0.29) is 22.6 Å². The maximum atomic E-state index is 13.4. The number of hydrogen-bond acceptors (Lipinski definition) is 7. The third kappa shape index (κ3) is 4.91. The number of benzene rings is 3. The number of methoxy groups -OCH3 is 2. The van der Waals surface area contributed by atoms with Crippen LogP contribution in [0.3, 0.4) is 0 Å². The number of aryl methyl sites for hydroxylation is 1. The van der Waals surface area contributed by atoms with Crippen LogP contribution in [0.5, 0.6) is 17.2 Å². The van der Waals surface area contributed by atoms with Crippen LogP contribution in [-0.2, 0) is 20.8 Å². The molecule has 8 heteroatoms. The predicted octanol–water partition coefficient (Wildman–Crippen LogP) is 4.82. The molecule has 3 aromatic rings. The molecule has 1 aliphatic rings. The number of carbonyl (C=O) groups is 3. The van der Waals surface area contributed by atoms with Gasteiger partial charge < -0.3 is 19.3 Å². The molecule has 1 amide bonds. The van der Waals surface area contributed by atoms with Gasteiger partial charge >= 0.3 is 5.97 Å². The second kappa shape index (κ2) is 10.6. The lowest BCUT2D eigenvalue weighted by Crippen LogP contribution is -2.29. The van der Waals surface area contributed by atoms with Crippen molar-refractivity contribution in [2.45, 2.75) is 26.3 Å². The molecule has 1 aliphatic heterocycles. The predicted molar refractivity (Wildman–Crippen MR) is 138 cm³/mol. The Morgan fingerprint density at radius 1 is 0.919 bits per heavy atom. The highest BCUT2D eigenvalue weighted by Gasteiger charge is 2.47. The summed E-state index contributed by atoms with van der Waals surface area (Å²) in [5.41, 5.74) is 2.28. The van der Waals surface area contributed by atoms with Crippen molar-refractivity contribution in [2.24, 2.45) is 0 Å². The van der Waals surface area contributed by atoms with Gasteiger partial charge in [-0.2, -0.15) is 0 Å². The van der Waals surface area contributed by atoms with Crippen LogP contribution < -0.4 is 19.1 Å². The first-order chi connectivity index (χ1) is 17.8. The van der Waals surface area contributed by atoms with Gasteiger partial charge in [-0.05, 0) is 53.9 Å². The Morgan fingerprint density at radius 3 is 2.14 bits per heavy atom. The van der Waals surface area contributed by atoms with Gasteiger partial charge in [0.15, 0.2) is 0 Å². The number of esters is 1. The van der Waals surface area contributed by atoms with E-state index in [1.807, 2.05) is 19.1 Å². The van der Waals surface area contributed by atoms with Crippen LogP contribution in [0.25, 0.3) is 5.76 Å². The highest BCUT2D eigenvalue weighted by Crippen LogP contribution is 2.44. The van der Waals surface area contributed by atoms with Crippen LogP contribution >= 0.6 is 0 Å². The molecular formula is C29H27NO7. The molecule has 1 saturated heterocycles. The first-order valence-electron chi connectivity index (χ1n) is 11.7. The van der Waals surface area contributed by atoms with E-state index in [2.05, 4.69) is 0 Å². The minimum Gasteiger partial charge on any atom is -0.507 e. The van der Waals surface area contributed by atoms with Gasteiger partial charge in [-0.25, -0.2) is 0 Å². The van der Waals surface area contributed by atoms with Crippen molar-refractivity contribution < 1.29 is 33.7 Å². The number of hydrogen-bond donors (Lipinski definition) is 1. The minimum absolute atomic E-state index is 0.0896. The first-order valence-corrected chi connectivity index (χ1v) is 11.7. The number of Topliss-reactive ketones (excluding diaryl/α,β-unsaturated/α-hetero) is 1. The molecule has 0 saturated carbocycles. The summed E-state index contributed by atoms with van der Waals surface area (Å²) >= 11 is 0. The molecule has 4 rings (SSSR count). The van der Waals surface area contributed by atoms with Gasteiger partial charge in [-0.1, -0.05) is 31.2 Å². The molecular weight excluding hydrogens is 474 g/mol. The van der Waals surface area contributed by atoms with Crippen LogP contribution in [0.15, 0.2) is 72.3 Å². The summed E-state index contributed by atoms with van der Waals surface area (Å²) in [5.74, 6) is -1.35. The summed E-state index contributed by atoms with van der Waals surface area (Å²) in [6, 6.07) is 17.6. The lowest BCUT2D eigenvalue weighted by atomic mass is 9.94. The fraction of sp³-hybridized carbons (Fsp3) is 0.207. The Hall–Kier alpha value is -4.59. The van der Waals surface area contributed by atoms with Crippen molar-refractivity contribution in [3.63, 3.8) is 0 Å². The lowest BCUT2D eigenvalue weighted by molar-refractivity contribution is -0.132. The third-order valence-corrected chi connectivity index (χ3v) is 6.19. The molecule has 3 aromatic carbocycles. The molecule has 1 fully saturated rings. The smallest absolute Gasteiger partial charge is 0.308 e. The van der Waals surface area contributed by atoms with E-state index in [1.54, 1.807) is 54.6 Å². The fourth-order valence-corrected chi connectivity index (χ4v) is 4.33. The van der Waals surface area contributed by atoms with Crippen molar-refractivity contribution in [3.05, 3.63) is 89.0 Å². The summed E-state index contributed by atoms with van der Waals surface area (Å²) in [5, 5.41) is 11.4. The van der Waals surface area contributed by atoms with Crippen molar-refractivity contribution in [1.82, 2.24) is 0 Å². The quantitative estimate of drug-likeness (QED) is 0.163. The van der Waals surface area contributed by atoms with E-state index in [0.717, 1.165) is 12.0 Å². The van der Waals surface area contributed by atoms with E-state index in [9.17, 15) is 19.5 Å². The average molecular weight is 502 g/mol. The van der Waals surface area contributed by atoms with Crippen molar-refractivity contribution in [3.8, 4) is 17.2 Å². The van der Waals surface area contributed by atoms with E-state index in [0.29, 0.717) is 22.7 Å². The van der Waals surface area contributed by atoms with Gasteiger partial charge in [0, 0.05) is 18.7 Å². The van der Waals surface area contributed by atoms with Crippen LogP contribution in [0, 0.1) is 0 Å². The van der Waals surface area contributed by atoms with Crippen LogP contribution in [0.4, 0.5) is 5.69 Å². The maximum Gasteiger partial charge on any atom is 0.308 e. The SMILES string of the molecule is CCc1ccc(N2C(=O)C(=O)/C(=C(\O)c3ccc(OC)cc3OC)C2c2ccc(OC(C)=O)cc2)cc1. The van der Waals surface area contributed by atoms with Crippen molar-refractivity contribution in [2.75, 3.05) is 19.1 Å². The Balaban J connectivity index is 1.91. The van der Waals surface area contributed by atoms with E-state index in [1.165, 1.54) is 26.0 Å². The van der Waals surface area contributed by atoms with Gasteiger partial charge in [-0.3, -0.25) is 19.3 Å². The number of nitrogens with zero attached hydrogens (tertiary/aromatic N) is 1. The Morgan fingerprint density at radius 2 is 1.57 bits per heavy atom. The molecule has 190 valence electrons. The number of aliphatic hydroxyl groups is 1. The van der Waals surface area contributed by atoms with Gasteiger partial charge in [0.1, 0.15) is 23.0 Å². The molecule has 1 atom stereocenters. The fourth-order valence-electron chi connectivity index (χ4n) is 4.33. The molecule has 1 heterocycles. The van der Waals surface area contributed by atoms with Gasteiger partial charge in [-0.15, -0.1) is 0 Å². The summed E-state index contributed by atoms with van der Waals surface area (Å²) < 4.78 is 15.8. The molecule has 1 N–H and O–H groups in total. The number of aliphatic hydroxyl groups excluding tert-OH is 1. The highest BCUT2D eigenvalue weighted by molar-refractivity contribution is 6.51. The third-order valence-electron chi connectivity index (χ3n) is 6.19. The van der Waals surface area contributed by atoms with E-state index < -0.39 is 23.7 Å². The summed E-state index contributed by atoms with van der Waals surface area (Å²) in [6.07, 6.45) is 0.817. The second-order valence-corrected chi connectivity index (χ2v) is 8.42. The summed E-state index contributed by atoms with van der Waals surface area (Å²) in [6.45, 7) is 3.32.